The molecule has 4 nitrogen and oxygen atoms in total. The number of benzene rings is 1. The Balaban J connectivity index is 2.13. The van der Waals surface area contributed by atoms with Crippen molar-refractivity contribution in [2.45, 2.75) is 9.92 Å². The van der Waals surface area contributed by atoms with E-state index in [1.807, 2.05) is 23.1 Å². The minimum Gasteiger partial charge on any atom is -0.364 e. The Kier molecular flexibility index (Phi) is 2.70. The van der Waals surface area contributed by atoms with Gasteiger partial charge in [0.2, 0.25) is 0 Å². The standard InChI is InChI=1S/C12H10N3OS/c1-16-8-15-9-4-2-3-5-10(9)17-12-11(15)13-6-7-14-12/h3-7H,8H2,1H3. The van der Waals surface area contributed by atoms with Crippen LogP contribution in [0.15, 0.2) is 40.5 Å². The fourth-order valence-electron chi connectivity index (χ4n) is 1.76. The molecule has 1 aromatic carbocycles. The zero-order valence-electron chi connectivity index (χ0n) is 9.25. The molecule has 17 heavy (non-hydrogen) atoms. The van der Waals surface area contributed by atoms with Crippen LogP contribution in [-0.4, -0.2) is 23.8 Å². The molecule has 3 rings (SSSR count). The summed E-state index contributed by atoms with van der Waals surface area (Å²) in [5.74, 6) is 0.839. The maximum Gasteiger partial charge on any atom is 0.168 e. The summed E-state index contributed by atoms with van der Waals surface area (Å²) in [6.07, 6.45) is 3.40. The molecule has 0 unspecified atom stereocenters. The van der Waals surface area contributed by atoms with Crippen LogP contribution in [0.5, 0.6) is 0 Å². The molecule has 1 radical (unpaired) electrons. The lowest BCUT2D eigenvalue weighted by Gasteiger charge is -2.29. The lowest BCUT2D eigenvalue weighted by atomic mass is 10.3. The third kappa shape index (κ3) is 1.77. The number of rotatable bonds is 2. The summed E-state index contributed by atoms with van der Waals surface area (Å²) >= 11 is 1.62. The fraction of sp³-hybridized carbons (Fsp3) is 0.167. The van der Waals surface area contributed by atoms with Gasteiger partial charge in [0.25, 0.3) is 0 Å². The van der Waals surface area contributed by atoms with E-state index in [1.54, 1.807) is 31.3 Å². The van der Waals surface area contributed by atoms with Crippen molar-refractivity contribution < 1.29 is 4.74 Å². The third-order valence-electron chi connectivity index (χ3n) is 2.46. The smallest absolute Gasteiger partial charge is 0.168 e. The lowest BCUT2D eigenvalue weighted by Crippen LogP contribution is -2.24. The Morgan fingerprint density at radius 1 is 1.41 bits per heavy atom. The van der Waals surface area contributed by atoms with Crippen LogP contribution in [0.3, 0.4) is 0 Å². The SMILES string of the molecule is COCN1c2c[c]ccc2Sc2nccnc21. The van der Waals surface area contributed by atoms with Gasteiger partial charge in [-0.3, -0.25) is 4.90 Å². The molecule has 2 heterocycles. The normalized spacial score (nSPS) is 13.1. The first kappa shape index (κ1) is 10.6. The van der Waals surface area contributed by atoms with E-state index < -0.39 is 0 Å². The van der Waals surface area contributed by atoms with Crippen molar-refractivity contribution in [2.24, 2.45) is 0 Å². The van der Waals surface area contributed by atoms with Gasteiger partial charge in [-0.05, 0) is 18.2 Å². The van der Waals surface area contributed by atoms with E-state index in [0.29, 0.717) is 6.73 Å². The molecule has 0 N–H and O–H groups in total. The van der Waals surface area contributed by atoms with Gasteiger partial charge in [-0.25, -0.2) is 9.97 Å². The highest BCUT2D eigenvalue weighted by atomic mass is 32.2. The van der Waals surface area contributed by atoms with E-state index in [4.69, 9.17) is 4.74 Å². The van der Waals surface area contributed by atoms with Gasteiger partial charge in [0, 0.05) is 24.4 Å². The van der Waals surface area contributed by atoms with Crippen molar-refractivity contribution in [1.29, 1.82) is 0 Å². The van der Waals surface area contributed by atoms with Gasteiger partial charge in [0.1, 0.15) is 11.8 Å². The van der Waals surface area contributed by atoms with Crippen LogP contribution >= 0.6 is 11.8 Å². The van der Waals surface area contributed by atoms with E-state index in [2.05, 4.69) is 16.0 Å². The quantitative estimate of drug-likeness (QED) is 0.811. The van der Waals surface area contributed by atoms with Crippen LogP contribution in [-0.2, 0) is 4.74 Å². The lowest BCUT2D eigenvalue weighted by molar-refractivity contribution is 0.205. The topological polar surface area (TPSA) is 38.2 Å². The molecule has 5 heteroatoms. The monoisotopic (exact) mass is 244 g/mol. The molecule has 0 aliphatic carbocycles. The highest BCUT2D eigenvalue weighted by Crippen LogP contribution is 2.45. The highest BCUT2D eigenvalue weighted by molar-refractivity contribution is 7.99. The predicted molar refractivity (Wildman–Crippen MR) is 65.4 cm³/mol. The second-order valence-corrected chi connectivity index (χ2v) is 4.56. The Bertz CT molecular complexity index is 501. The second kappa shape index (κ2) is 4.35. The maximum atomic E-state index is 5.23. The zero-order chi connectivity index (χ0) is 11.7. The molecular weight excluding hydrogens is 234 g/mol. The summed E-state index contributed by atoms with van der Waals surface area (Å²) in [4.78, 5) is 11.9. The highest BCUT2D eigenvalue weighted by Gasteiger charge is 2.24. The first-order valence-electron chi connectivity index (χ1n) is 5.15. The number of ether oxygens (including phenoxy) is 1. The summed E-state index contributed by atoms with van der Waals surface area (Å²) in [5, 5.41) is 0.906. The van der Waals surface area contributed by atoms with Gasteiger partial charge in [0.05, 0.1) is 5.69 Å². The molecule has 85 valence electrons. The van der Waals surface area contributed by atoms with Gasteiger partial charge in [-0.1, -0.05) is 17.8 Å². The molecule has 0 saturated carbocycles. The molecule has 0 amide bonds. The van der Waals surface area contributed by atoms with Crippen LogP contribution in [0.2, 0.25) is 0 Å². The van der Waals surface area contributed by atoms with Crippen LogP contribution in [0, 0.1) is 6.07 Å². The Labute approximate surface area is 104 Å². The zero-order valence-corrected chi connectivity index (χ0v) is 10.1. The molecule has 0 atom stereocenters. The molecule has 0 spiro atoms. The first-order valence-corrected chi connectivity index (χ1v) is 5.97. The molecule has 0 saturated heterocycles. The molecule has 0 fully saturated rings. The van der Waals surface area contributed by atoms with Crippen molar-refractivity contribution in [3.05, 3.63) is 36.7 Å². The number of aromatic nitrogens is 2. The van der Waals surface area contributed by atoms with Crippen molar-refractivity contribution in [3.8, 4) is 0 Å². The second-order valence-electron chi connectivity index (χ2n) is 3.53. The van der Waals surface area contributed by atoms with E-state index in [-0.39, 0.29) is 0 Å². The minimum atomic E-state index is 0.455. The number of hydrogen-bond donors (Lipinski definition) is 0. The summed E-state index contributed by atoms with van der Waals surface area (Å²) in [6.45, 7) is 0.455. The van der Waals surface area contributed by atoms with E-state index in [0.717, 1.165) is 21.4 Å². The van der Waals surface area contributed by atoms with Crippen LogP contribution < -0.4 is 4.90 Å². The minimum absolute atomic E-state index is 0.455. The first-order chi connectivity index (χ1) is 8.40. The molecule has 1 aliphatic heterocycles. The third-order valence-corrected chi connectivity index (χ3v) is 3.51. The van der Waals surface area contributed by atoms with Gasteiger partial charge >= 0.3 is 0 Å². The molecule has 0 bridgehead atoms. The van der Waals surface area contributed by atoms with Gasteiger partial charge in [0.15, 0.2) is 5.82 Å². The maximum absolute atomic E-state index is 5.23. The Hall–Kier alpha value is -1.59. The Morgan fingerprint density at radius 2 is 2.29 bits per heavy atom. The number of methoxy groups -OCH3 is 1. The van der Waals surface area contributed by atoms with Crippen LogP contribution in [0.4, 0.5) is 11.5 Å². The molecule has 1 aliphatic rings. The fourth-order valence-corrected chi connectivity index (χ4v) is 2.74. The van der Waals surface area contributed by atoms with E-state index >= 15 is 0 Å². The van der Waals surface area contributed by atoms with Crippen molar-refractivity contribution >= 4 is 23.3 Å². The Morgan fingerprint density at radius 3 is 3.18 bits per heavy atom. The van der Waals surface area contributed by atoms with Crippen molar-refractivity contribution in [2.75, 3.05) is 18.7 Å². The predicted octanol–water partition coefficient (Wildman–Crippen LogP) is 2.48. The summed E-state index contributed by atoms with van der Waals surface area (Å²) < 4.78 is 5.23. The summed E-state index contributed by atoms with van der Waals surface area (Å²) in [7, 11) is 1.67. The van der Waals surface area contributed by atoms with Crippen LogP contribution in [0.25, 0.3) is 0 Å². The van der Waals surface area contributed by atoms with Gasteiger partial charge < -0.3 is 4.74 Å². The van der Waals surface area contributed by atoms with E-state index in [9.17, 15) is 0 Å². The van der Waals surface area contributed by atoms with Crippen molar-refractivity contribution in [3.63, 3.8) is 0 Å². The van der Waals surface area contributed by atoms with E-state index in [1.165, 1.54) is 0 Å². The average molecular weight is 244 g/mol. The van der Waals surface area contributed by atoms with Gasteiger partial charge in [-0.2, -0.15) is 0 Å². The number of nitrogens with zero attached hydrogens (tertiary/aromatic N) is 3. The molecule has 2 aromatic rings. The number of hydrogen-bond acceptors (Lipinski definition) is 5. The van der Waals surface area contributed by atoms with Crippen LogP contribution in [0.1, 0.15) is 0 Å². The van der Waals surface area contributed by atoms with Gasteiger partial charge in [-0.15, -0.1) is 0 Å². The molecular formula is C12H10N3OS. The largest absolute Gasteiger partial charge is 0.364 e. The summed E-state index contributed by atoms with van der Waals surface area (Å²) in [6, 6.07) is 8.95. The van der Waals surface area contributed by atoms with Crippen molar-refractivity contribution in [1.82, 2.24) is 9.97 Å². The molecule has 1 aromatic heterocycles. The average Bonchev–Trinajstić information content (AvgIpc) is 2.39. The number of anilines is 2. The number of fused-ring (bicyclic) bond motifs is 2. The summed E-state index contributed by atoms with van der Waals surface area (Å²) in [5.41, 5.74) is 1.06.